The highest BCUT2D eigenvalue weighted by molar-refractivity contribution is 6.16. The van der Waals surface area contributed by atoms with Gasteiger partial charge in [-0.25, -0.2) is 0 Å². The summed E-state index contributed by atoms with van der Waals surface area (Å²) in [6.07, 6.45) is 1.60. The number of carbonyl (C=O) groups is 2. The normalized spacial score (nSPS) is 14.4. The molecule has 0 saturated carbocycles. The first-order chi connectivity index (χ1) is 12.1. The van der Waals surface area contributed by atoms with E-state index in [-0.39, 0.29) is 22.9 Å². The number of Topliss-reactive ketones (excluding diaryl/α,β-unsaturated/α-hetero) is 1. The van der Waals surface area contributed by atoms with Crippen LogP contribution in [0.2, 0.25) is 0 Å². The van der Waals surface area contributed by atoms with Crippen LogP contribution < -0.4 is 10.5 Å². The molecule has 25 heavy (non-hydrogen) atoms. The lowest BCUT2D eigenvalue weighted by Crippen LogP contribution is -2.11. The number of nitrogens with zero attached hydrogens (tertiary/aromatic N) is 3. The molecule has 0 unspecified atom stereocenters. The van der Waals surface area contributed by atoms with E-state index >= 15 is 0 Å². The second-order valence-electron chi connectivity index (χ2n) is 5.34. The molecular weight excluding hydrogens is 322 g/mol. The van der Waals surface area contributed by atoms with Gasteiger partial charge in [-0.1, -0.05) is 30.3 Å². The number of hydrogen-bond donors (Lipinski definition) is 2. The molecule has 8 heteroatoms. The van der Waals surface area contributed by atoms with E-state index in [1.165, 1.54) is 6.07 Å². The summed E-state index contributed by atoms with van der Waals surface area (Å²) < 4.78 is 5.59. The quantitative estimate of drug-likeness (QED) is 0.701. The van der Waals surface area contributed by atoms with Crippen molar-refractivity contribution in [3.63, 3.8) is 0 Å². The zero-order chi connectivity index (χ0) is 17.4. The highest BCUT2D eigenvalue weighted by atomic mass is 16.5. The minimum absolute atomic E-state index is 0.135. The zero-order valence-corrected chi connectivity index (χ0v) is 12.8. The molecule has 0 aliphatic carbocycles. The van der Waals surface area contributed by atoms with Gasteiger partial charge in [0.25, 0.3) is 5.91 Å². The van der Waals surface area contributed by atoms with Crippen LogP contribution >= 0.6 is 0 Å². The highest BCUT2D eigenvalue weighted by Crippen LogP contribution is 2.35. The van der Waals surface area contributed by atoms with Gasteiger partial charge in [0.05, 0.1) is 11.1 Å². The van der Waals surface area contributed by atoms with Crippen LogP contribution in [0.1, 0.15) is 26.3 Å². The van der Waals surface area contributed by atoms with Crippen LogP contribution in [0, 0.1) is 0 Å². The fraction of sp³-hybridized carbons (Fsp3) is 0. The van der Waals surface area contributed by atoms with Crippen LogP contribution in [-0.2, 0) is 0 Å². The molecule has 1 aliphatic rings. The Labute approximate surface area is 141 Å². The number of primary amides is 1. The Morgan fingerprint density at radius 2 is 1.96 bits per heavy atom. The molecule has 3 aromatic rings. The lowest BCUT2D eigenvalue weighted by atomic mass is 10.1. The number of H-pyrrole nitrogens is 1. The van der Waals surface area contributed by atoms with E-state index in [2.05, 4.69) is 20.6 Å². The van der Waals surface area contributed by atoms with Crippen LogP contribution in [-0.4, -0.2) is 32.3 Å². The number of hydrogen-bond acceptors (Lipinski definition) is 6. The minimum atomic E-state index is -0.643. The number of nitrogens with two attached hydrogens (primary N) is 1. The van der Waals surface area contributed by atoms with Crippen LogP contribution in [0.3, 0.4) is 0 Å². The third kappa shape index (κ3) is 2.55. The van der Waals surface area contributed by atoms with Crippen molar-refractivity contribution >= 4 is 17.8 Å². The van der Waals surface area contributed by atoms with E-state index in [1.807, 2.05) is 0 Å². The fourth-order valence-electron chi connectivity index (χ4n) is 2.57. The standard InChI is InChI=1S/C17H11N5O3/c18-16(24)12-3-1-2-11-14(23)13(25-15(11)12)8-9-4-6-10(7-5-9)17-19-21-22-20-17/h1-8H,(H2,18,24)(H,19,20,21,22)/b13-8-. The van der Waals surface area contributed by atoms with Gasteiger partial charge in [-0.05, 0) is 29.0 Å². The second-order valence-corrected chi connectivity index (χ2v) is 5.34. The summed E-state index contributed by atoms with van der Waals surface area (Å²) in [5, 5.41) is 13.7. The van der Waals surface area contributed by atoms with Crippen LogP contribution in [0.15, 0.2) is 48.2 Å². The smallest absolute Gasteiger partial charge is 0.252 e. The molecule has 0 bridgehead atoms. The fourth-order valence-corrected chi connectivity index (χ4v) is 2.57. The van der Waals surface area contributed by atoms with E-state index in [0.717, 1.165) is 11.1 Å². The maximum Gasteiger partial charge on any atom is 0.252 e. The molecule has 0 atom stereocenters. The molecule has 3 N–H and O–H groups in total. The number of carbonyl (C=O) groups excluding carboxylic acids is 2. The molecule has 0 saturated heterocycles. The van der Waals surface area contributed by atoms with Crippen molar-refractivity contribution in [2.45, 2.75) is 0 Å². The van der Waals surface area contributed by atoms with Crippen LogP contribution in [0.5, 0.6) is 5.75 Å². The molecule has 4 rings (SSSR count). The molecule has 0 spiro atoms. The first kappa shape index (κ1) is 14.8. The van der Waals surface area contributed by atoms with Gasteiger partial charge in [-0.2, -0.15) is 5.21 Å². The number of aromatic amines is 1. The predicted octanol–water partition coefficient (Wildman–Crippen LogP) is 1.58. The lowest BCUT2D eigenvalue weighted by molar-refractivity contribution is 0.0991. The van der Waals surface area contributed by atoms with E-state index in [1.54, 1.807) is 42.5 Å². The molecule has 1 aromatic heterocycles. The van der Waals surface area contributed by atoms with E-state index in [0.29, 0.717) is 11.4 Å². The second kappa shape index (κ2) is 5.68. The average Bonchev–Trinajstić information content (AvgIpc) is 3.25. The number of para-hydroxylation sites is 1. The number of ketones is 1. The van der Waals surface area contributed by atoms with E-state index in [4.69, 9.17) is 10.5 Å². The molecule has 8 nitrogen and oxygen atoms in total. The number of aromatic nitrogens is 4. The van der Waals surface area contributed by atoms with Crippen molar-refractivity contribution < 1.29 is 14.3 Å². The molecule has 1 amide bonds. The number of fused-ring (bicyclic) bond motifs is 1. The molecule has 1 aliphatic heterocycles. The van der Waals surface area contributed by atoms with Gasteiger partial charge < -0.3 is 10.5 Å². The van der Waals surface area contributed by atoms with Gasteiger partial charge in [0.2, 0.25) is 11.6 Å². The SMILES string of the molecule is NC(=O)c1cccc2c1O/C(=C\c1ccc(-c3nn[nH]n3)cc1)C2=O. The maximum atomic E-state index is 12.5. The number of benzene rings is 2. The molecule has 122 valence electrons. The summed E-state index contributed by atoms with van der Waals surface area (Å²) in [5.74, 6) is -0.118. The summed E-state index contributed by atoms with van der Waals surface area (Å²) in [7, 11) is 0. The average molecular weight is 333 g/mol. The third-order valence-corrected chi connectivity index (χ3v) is 3.77. The molecule has 2 aromatic carbocycles. The number of rotatable bonds is 3. The van der Waals surface area contributed by atoms with Crippen molar-refractivity contribution in [3.8, 4) is 17.1 Å². The Morgan fingerprint density at radius 3 is 2.64 bits per heavy atom. The number of amides is 1. The lowest BCUT2D eigenvalue weighted by Gasteiger charge is -2.03. The zero-order valence-electron chi connectivity index (χ0n) is 12.8. The van der Waals surface area contributed by atoms with Crippen molar-refractivity contribution in [2.75, 3.05) is 0 Å². The molecular formula is C17H11N5O3. The Hall–Kier alpha value is -3.81. The summed E-state index contributed by atoms with van der Waals surface area (Å²) in [6.45, 7) is 0. The largest absolute Gasteiger partial charge is 0.452 e. The minimum Gasteiger partial charge on any atom is -0.452 e. The first-order valence-electron chi connectivity index (χ1n) is 7.34. The van der Waals surface area contributed by atoms with Crippen molar-refractivity contribution in [1.82, 2.24) is 20.6 Å². The maximum absolute atomic E-state index is 12.5. The number of ether oxygens (including phenoxy) is 1. The van der Waals surface area contributed by atoms with Crippen molar-refractivity contribution in [3.05, 3.63) is 64.9 Å². The van der Waals surface area contributed by atoms with Crippen LogP contribution in [0.25, 0.3) is 17.5 Å². The number of nitrogens with one attached hydrogen (secondary N) is 1. The molecule has 2 heterocycles. The molecule has 0 fully saturated rings. The van der Waals surface area contributed by atoms with Gasteiger partial charge in [0.1, 0.15) is 0 Å². The van der Waals surface area contributed by atoms with Crippen molar-refractivity contribution in [1.29, 1.82) is 0 Å². The number of tetrazole rings is 1. The monoisotopic (exact) mass is 333 g/mol. The predicted molar refractivity (Wildman–Crippen MR) is 87.5 cm³/mol. The van der Waals surface area contributed by atoms with Crippen molar-refractivity contribution in [2.24, 2.45) is 5.73 Å². The first-order valence-corrected chi connectivity index (χ1v) is 7.34. The van der Waals surface area contributed by atoms with Gasteiger partial charge in [-0.3, -0.25) is 9.59 Å². The Morgan fingerprint density at radius 1 is 1.16 bits per heavy atom. The Kier molecular flexibility index (Phi) is 3.35. The summed E-state index contributed by atoms with van der Waals surface area (Å²) in [6, 6.07) is 11.9. The summed E-state index contributed by atoms with van der Waals surface area (Å²) in [5.41, 5.74) is 7.37. The summed E-state index contributed by atoms with van der Waals surface area (Å²) in [4.78, 5) is 23.9. The Bertz CT molecular complexity index is 1010. The number of allylic oxidation sites excluding steroid dienone is 1. The van der Waals surface area contributed by atoms with Crippen LogP contribution in [0.4, 0.5) is 0 Å². The topological polar surface area (TPSA) is 124 Å². The van der Waals surface area contributed by atoms with Gasteiger partial charge >= 0.3 is 0 Å². The van der Waals surface area contributed by atoms with E-state index < -0.39 is 5.91 Å². The highest BCUT2D eigenvalue weighted by Gasteiger charge is 2.30. The van der Waals surface area contributed by atoms with Gasteiger partial charge in [0, 0.05) is 5.56 Å². The summed E-state index contributed by atoms with van der Waals surface area (Å²) >= 11 is 0. The Balaban J connectivity index is 1.66. The van der Waals surface area contributed by atoms with Gasteiger partial charge in [0.15, 0.2) is 11.5 Å². The molecule has 0 radical (unpaired) electrons. The third-order valence-electron chi connectivity index (χ3n) is 3.77. The van der Waals surface area contributed by atoms with Gasteiger partial charge in [-0.15, -0.1) is 10.2 Å². The van der Waals surface area contributed by atoms with E-state index in [9.17, 15) is 9.59 Å².